The lowest BCUT2D eigenvalue weighted by atomic mass is 9.95. The third-order valence-corrected chi connectivity index (χ3v) is 3.90. The number of aryl methyl sites for hydroxylation is 1. The van der Waals surface area contributed by atoms with Gasteiger partial charge in [-0.1, -0.05) is 18.2 Å². The Hall–Kier alpha value is -1.06. The van der Waals surface area contributed by atoms with E-state index in [1.165, 1.54) is 11.3 Å². The molecule has 1 aromatic rings. The predicted octanol–water partition coefficient (Wildman–Crippen LogP) is 1.93. The molecule has 0 aliphatic carbocycles. The van der Waals surface area contributed by atoms with E-state index >= 15 is 0 Å². The lowest BCUT2D eigenvalue weighted by molar-refractivity contribution is 0.245. The first kappa shape index (κ1) is 13.4. The highest BCUT2D eigenvalue weighted by Gasteiger charge is 2.34. The van der Waals surface area contributed by atoms with Crippen LogP contribution >= 0.6 is 0 Å². The zero-order valence-corrected chi connectivity index (χ0v) is 11.6. The maximum atomic E-state index is 9.69. The summed E-state index contributed by atoms with van der Waals surface area (Å²) in [7, 11) is 0. The fraction of sp³-hybridized carbons (Fsp3) is 0.600. The molecule has 1 atom stereocenters. The summed E-state index contributed by atoms with van der Waals surface area (Å²) in [5.41, 5.74) is 2.57. The van der Waals surface area contributed by atoms with E-state index in [9.17, 15) is 5.11 Å². The van der Waals surface area contributed by atoms with Crippen LogP contribution in [0.1, 0.15) is 25.8 Å². The number of nitrogens with one attached hydrogen (secondary N) is 1. The Labute approximate surface area is 110 Å². The minimum Gasteiger partial charge on any atom is -0.394 e. The molecule has 1 unspecified atom stereocenters. The van der Waals surface area contributed by atoms with Gasteiger partial charge in [-0.3, -0.25) is 0 Å². The normalized spacial score (nSPS) is 23.8. The summed E-state index contributed by atoms with van der Waals surface area (Å²) in [6.45, 7) is 8.69. The number of benzene rings is 1. The maximum absolute atomic E-state index is 9.69. The van der Waals surface area contributed by atoms with Crippen LogP contribution in [0.15, 0.2) is 24.3 Å². The van der Waals surface area contributed by atoms with Crippen molar-refractivity contribution in [2.45, 2.75) is 38.8 Å². The molecule has 0 amide bonds. The zero-order valence-electron chi connectivity index (χ0n) is 11.6. The minimum absolute atomic E-state index is 0.0585. The van der Waals surface area contributed by atoms with E-state index in [0.29, 0.717) is 0 Å². The molecule has 2 N–H and O–H groups in total. The van der Waals surface area contributed by atoms with Gasteiger partial charge in [0.1, 0.15) is 0 Å². The van der Waals surface area contributed by atoms with Crippen LogP contribution in [-0.2, 0) is 0 Å². The van der Waals surface area contributed by atoms with Gasteiger partial charge in [0, 0.05) is 17.8 Å². The van der Waals surface area contributed by atoms with E-state index in [2.05, 4.69) is 55.3 Å². The largest absolute Gasteiger partial charge is 0.394 e. The first-order chi connectivity index (χ1) is 8.56. The summed E-state index contributed by atoms with van der Waals surface area (Å²) >= 11 is 0. The summed E-state index contributed by atoms with van der Waals surface area (Å²) in [5, 5.41) is 13.1. The number of nitrogens with zero attached hydrogens (tertiary/aromatic N) is 1. The SMILES string of the molecule is Cc1ccccc1N1C(CO)CNCCC1(C)C. The van der Waals surface area contributed by atoms with Crippen LogP contribution in [0.3, 0.4) is 0 Å². The van der Waals surface area contributed by atoms with Crippen molar-refractivity contribution >= 4 is 5.69 Å². The van der Waals surface area contributed by atoms with Gasteiger partial charge in [0.15, 0.2) is 0 Å². The van der Waals surface area contributed by atoms with Crippen LogP contribution < -0.4 is 10.2 Å². The molecule has 1 aliphatic rings. The highest BCUT2D eigenvalue weighted by Crippen LogP contribution is 2.32. The predicted molar refractivity (Wildman–Crippen MR) is 76.1 cm³/mol. The number of aliphatic hydroxyl groups is 1. The number of rotatable bonds is 2. The van der Waals surface area contributed by atoms with E-state index in [4.69, 9.17) is 0 Å². The Morgan fingerprint density at radius 1 is 1.39 bits per heavy atom. The van der Waals surface area contributed by atoms with Crippen molar-refractivity contribution in [1.82, 2.24) is 5.32 Å². The standard InChI is InChI=1S/C15H24N2O/c1-12-6-4-5-7-14(12)17-13(11-18)10-16-9-8-15(17,2)3/h4-7,13,16,18H,8-11H2,1-3H3. The highest BCUT2D eigenvalue weighted by atomic mass is 16.3. The summed E-state index contributed by atoms with van der Waals surface area (Å²) in [6.07, 6.45) is 1.08. The molecule has 1 aromatic carbocycles. The van der Waals surface area contributed by atoms with Gasteiger partial charge in [-0.15, -0.1) is 0 Å². The Bertz CT molecular complexity index is 403. The second-order valence-corrected chi connectivity index (χ2v) is 5.76. The van der Waals surface area contributed by atoms with Crippen LogP contribution in [-0.4, -0.2) is 36.4 Å². The molecule has 1 fully saturated rings. The van der Waals surface area contributed by atoms with E-state index < -0.39 is 0 Å². The third-order valence-electron chi connectivity index (χ3n) is 3.90. The van der Waals surface area contributed by atoms with Gasteiger partial charge in [0.2, 0.25) is 0 Å². The maximum Gasteiger partial charge on any atom is 0.0651 e. The smallest absolute Gasteiger partial charge is 0.0651 e. The fourth-order valence-corrected chi connectivity index (χ4v) is 2.87. The molecule has 0 aromatic heterocycles. The van der Waals surface area contributed by atoms with Crippen molar-refractivity contribution in [2.75, 3.05) is 24.6 Å². The first-order valence-electron chi connectivity index (χ1n) is 6.73. The molecule has 0 saturated carbocycles. The number of aliphatic hydroxyl groups excluding tert-OH is 1. The molecule has 3 heteroatoms. The van der Waals surface area contributed by atoms with E-state index in [1.807, 2.05) is 0 Å². The zero-order chi connectivity index (χ0) is 13.2. The second kappa shape index (κ2) is 5.29. The molecule has 100 valence electrons. The van der Waals surface area contributed by atoms with Gasteiger partial charge in [0.05, 0.1) is 12.6 Å². The molecule has 3 nitrogen and oxygen atoms in total. The molecule has 1 saturated heterocycles. The third kappa shape index (κ3) is 2.52. The monoisotopic (exact) mass is 248 g/mol. The molecule has 0 spiro atoms. The van der Waals surface area contributed by atoms with Crippen molar-refractivity contribution < 1.29 is 5.11 Å². The van der Waals surface area contributed by atoms with Gasteiger partial charge in [0.25, 0.3) is 0 Å². The Morgan fingerprint density at radius 3 is 2.78 bits per heavy atom. The first-order valence-corrected chi connectivity index (χ1v) is 6.73. The molecule has 18 heavy (non-hydrogen) atoms. The molecular weight excluding hydrogens is 224 g/mol. The van der Waals surface area contributed by atoms with Crippen LogP contribution in [0, 0.1) is 6.92 Å². The van der Waals surface area contributed by atoms with E-state index in [0.717, 1.165) is 19.5 Å². The molecule has 0 bridgehead atoms. The quantitative estimate of drug-likeness (QED) is 0.839. The summed E-state index contributed by atoms with van der Waals surface area (Å²) < 4.78 is 0. The average Bonchev–Trinajstić information content (AvgIpc) is 2.48. The van der Waals surface area contributed by atoms with Gasteiger partial charge >= 0.3 is 0 Å². The van der Waals surface area contributed by atoms with Gasteiger partial charge < -0.3 is 15.3 Å². The molecule has 1 heterocycles. The summed E-state index contributed by atoms with van der Waals surface area (Å²) in [4.78, 5) is 2.39. The minimum atomic E-state index is 0.0585. The number of anilines is 1. The Balaban J connectivity index is 2.43. The van der Waals surface area contributed by atoms with Crippen LogP contribution in [0.5, 0.6) is 0 Å². The molecular formula is C15H24N2O. The van der Waals surface area contributed by atoms with Crippen LogP contribution in [0.2, 0.25) is 0 Å². The number of para-hydroxylation sites is 1. The summed E-state index contributed by atoms with van der Waals surface area (Å²) in [5.74, 6) is 0. The lowest BCUT2D eigenvalue weighted by Crippen LogP contribution is -2.52. The second-order valence-electron chi connectivity index (χ2n) is 5.76. The van der Waals surface area contributed by atoms with E-state index in [-0.39, 0.29) is 18.2 Å². The number of hydrogen-bond acceptors (Lipinski definition) is 3. The van der Waals surface area contributed by atoms with Gasteiger partial charge in [-0.2, -0.15) is 0 Å². The Morgan fingerprint density at radius 2 is 2.11 bits per heavy atom. The Kier molecular flexibility index (Phi) is 3.93. The van der Waals surface area contributed by atoms with Crippen LogP contribution in [0.4, 0.5) is 5.69 Å². The van der Waals surface area contributed by atoms with Crippen LogP contribution in [0.25, 0.3) is 0 Å². The molecule has 1 aliphatic heterocycles. The van der Waals surface area contributed by atoms with Crippen molar-refractivity contribution in [3.05, 3.63) is 29.8 Å². The number of hydrogen-bond donors (Lipinski definition) is 2. The van der Waals surface area contributed by atoms with Crippen molar-refractivity contribution in [3.8, 4) is 0 Å². The average molecular weight is 248 g/mol. The molecule has 0 radical (unpaired) electrons. The topological polar surface area (TPSA) is 35.5 Å². The highest BCUT2D eigenvalue weighted by molar-refractivity contribution is 5.56. The van der Waals surface area contributed by atoms with Crippen molar-refractivity contribution in [3.63, 3.8) is 0 Å². The van der Waals surface area contributed by atoms with Gasteiger partial charge in [-0.05, 0) is 45.4 Å². The lowest BCUT2D eigenvalue weighted by Gasteiger charge is -2.44. The van der Waals surface area contributed by atoms with Crippen molar-refractivity contribution in [2.24, 2.45) is 0 Å². The fourth-order valence-electron chi connectivity index (χ4n) is 2.87. The van der Waals surface area contributed by atoms with Gasteiger partial charge in [-0.25, -0.2) is 0 Å². The summed E-state index contributed by atoms with van der Waals surface area (Å²) in [6, 6.07) is 8.58. The van der Waals surface area contributed by atoms with E-state index in [1.54, 1.807) is 0 Å². The van der Waals surface area contributed by atoms with Crippen molar-refractivity contribution in [1.29, 1.82) is 0 Å². The molecule has 2 rings (SSSR count).